The Kier molecular flexibility index (Phi) is 3.06. The van der Waals surface area contributed by atoms with Gasteiger partial charge < -0.3 is 4.52 Å². The Morgan fingerprint density at radius 1 is 1.10 bits per heavy atom. The van der Waals surface area contributed by atoms with Crippen molar-refractivity contribution in [1.29, 1.82) is 0 Å². The van der Waals surface area contributed by atoms with Gasteiger partial charge in [0.1, 0.15) is 0 Å². The minimum atomic E-state index is -4.39. The highest BCUT2D eigenvalue weighted by Crippen LogP contribution is 2.32. The van der Waals surface area contributed by atoms with Gasteiger partial charge in [-0.3, -0.25) is 0 Å². The Bertz CT molecular complexity index is 719. The van der Waals surface area contributed by atoms with Crippen LogP contribution in [0.15, 0.2) is 46.3 Å². The van der Waals surface area contributed by atoms with E-state index in [0.29, 0.717) is 5.89 Å². The number of halogens is 3. The molecule has 3 rings (SSSR count). The summed E-state index contributed by atoms with van der Waals surface area (Å²) in [7, 11) is 0. The van der Waals surface area contributed by atoms with Crippen molar-refractivity contribution in [2.24, 2.45) is 0 Å². The van der Waals surface area contributed by atoms with Gasteiger partial charge in [-0.25, -0.2) is 0 Å². The minimum absolute atomic E-state index is 0.138. The molecule has 0 spiro atoms. The van der Waals surface area contributed by atoms with E-state index in [1.807, 2.05) is 11.4 Å². The Morgan fingerprint density at radius 2 is 1.95 bits per heavy atom. The molecule has 0 radical (unpaired) electrons. The Labute approximate surface area is 115 Å². The molecule has 0 saturated heterocycles. The molecule has 0 fully saturated rings. The van der Waals surface area contributed by atoms with E-state index in [2.05, 4.69) is 10.1 Å². The largest absolute Gasteiger partial charge is 0.416 e. The van der Waals surface area contributed by atoms with E-state index in [1.165, 1.54) is 23.5 Å². The summed E-state index contributed by atoms with van der Waals surface area (Å²) in [6.45, 7) is 0. The molecule has 102 valence electrons. The average Bonchev–Trinajstić information content (AvgIpc) is 3.09. The van der Waals surface area contributed by atoms with Crippen LogP contribution in [0.4, 0.5) is 13.2 Å². The van der Waals surface area contributed by atoms with Crippen molar-refractivity contribution < 1.29 is 17.7 Å². The number of nitrogens with zero attached hydrogens (tertiary/aromatic N) is 2. The second-order valence-corrected chi connectivity index (χ2v) is 4.93. The van der Waals surface area contributed by atoms with Crippen LogP contribution in [0.25, 0.3) is 22.2 Å². The van der Waals surface area contributed by atoms with Crippen LogP contribution in [0.1, 0.15) is 5.56 Å². The van der Waals surface area contributed by atoms with Crippen LogP contribution < -0.4 is 0 Å². The minimum Gasteiger partial charge on any atom is -0.333 e. The Balaban J connectivity index is 1.98. The quantitative estimate of drug-likeness (QED) is 0.699. The maximum atomic E-state index is 12.6. The Morgan fingerprint density at radius 3 is 2.65 bits per heavy atom. The summed E-state index contributed by atoms with van der Waals surface area (Å²) < 4.78 is 43.0. The van der Waals surface area contributed by atoms with Crippen LogP contribution in [0.3, 0.4) is 0 Å². The van der Waals surface area contributed by atoms with Gasteiger partial charge in [0, 0.05) is 5.56 Å². The molecular formula is C13H7F3N2OS. The van der Waals surface area contributed by atoms with Crippen molar-refractivity contribution in [3.8, 4) is 22.2 Å². The van der Waals surface area contributed by atoms with Gasteiger partial charge in [0.25, 0.3) is 5.89 Å². The standard InChI is InChI=1S/C13H7F3N2OS/c14-13(15,16)9-4-1-3-8(7-9)11-17-12(19-18-11)10-5-2-6-20-10/h1-7H. The first-order valence-electron chi connectivity index (χ1n) is 5.59. The molecule has 2 heterocycles. The van der Waals surface area contributed by atoms with E-state index in [1.54, 1.807) is 6.07 Å². The monoisotopic (exact) mass is 296 g/mol. The van der Waals surface area contributed by atoms with Crippen LogP contribution >= 0.6 is 11.3 Å². The molecular weight excluding hydrogens is 289 g/mol. The maximum absolute atomic E-state index is 12.6. The molecule has 0 saturated carbocycles. The highest BCUT2D eigenvalue weighted by Gasteiger charge is 2.30. The summed E-state index contributed by atoms with van der Waals surface area (Å²) >= 11 is 1.42. The number of thiophene rings is 1. The van der Waals surface area contributed by atoms with Gasteiger partial charge in [0.05, 0.1) is 10.4 Å². The smallest absolute Gasteiger partial charge is 0.333 e. The molecule has 0 amide bonds. The first-order valence-corrected chi connectivity index (χ1v) is 6.47. The predicted molar refractivity (Wildman–Crippen MR) is 68.0 cm³/mol. The number of hydrogen-bond donors (Lipinski definition) is 0. The van der Waals surface area contributed by atoms with Crippen molar-refractivity contribution >= 4 is 11.3 Å². The summed E-state index contributed by atoms with van der Waals surface area (Å²) in [5.74, 6) is 0.437. The molecule has 3 aromatic rings. The summed E-state index contributed by atoms with van der Waals surface area (Å²) in [6.07, 6.45) is -4.39. The van der Waals surface area contributed by atoms with Gasteiger partial charge in [0.15, 0.2) is 0 Å². The summed E-state index contributed by atoms with van der Waals surface area (Å²) in [6, 6.07) is 8.46. The Hall–Kier alpha value is -2.15. The topological polar surface area (TPSA) is 38.9 Å². The van der Waals surface area contributed by atoms with Crippen molar-refractivity contribution in [1.82, 2.24) is 10.1 Å². The lowest BCUT2D eigenvalue weighted by molar-refractivity contribution is -0.137. The molecule has 20 heavy (non-hydrogen) atoms. The molecule has 3 nitrogen and oxygen atoms in total. The van der Waals surface area contributed by atoms with E-state index in [4.69, 9.17) is 4.52 Å². The molecule has 0 unspecified atom stereocenters. The van der Waals surface area contributed by atoms with Gasteiger partial charge in [-0.15, -0.1) is 11.3 Å². The van der Waals surface area contributed by atoms with Crippen molar-refractivity contribution in [2.45, 2.75) is 6.18 Å². The van der Waals surface area contributed by atoms with Gasteiger partial charge in [0.2, 0.25) is 5.82 Å². The zero-order valence-electron chi connectivity index (χ0n) is 9.89. The maximum Gasteiger partial charge on any atom is 0.416 e. The first kappa shape index (κ1) is 12.9. The lowest BCUT2D eigenvalue weighted by Gasteiger charge is -2.06. The second kappa shape index (κ2) is 4.75. The van der Waals surface area contributed by atoms with Crippen LogP contribution in [-0.4, -0.2) is 10.1 Å². The van der Waals surface area contributed by atoms with E-state index < -0.39 is 11.7 Å². The van der Waals surface area contributed by atoms with E-state index in [-0.39, 0.29) is 11.4 Å². The summed E-state index contributed by atoms with van der Waals surface area (Å²) in [5, 5.41) is 5.57. The van der Waals surface area contributed by atoms with E-state index in [0.717, 1.165) is 17.0 Å². The van der Waals surface area contributed by atoms with Crippen LogP contribution in [-0.2, 0) is 6.18 Å². The SMILES string of the molecule is FC(F)(F)c1cccc(-c2noc(-c3cccs3)n2)c1. The highest BCUT2D eigenvalue weighted by atomic mass is 32.1. The fourth-order valence-corrected chi connectivity index (χ4v) is 2.32. The zero-order valence-corrected chi connectivity index (χ0v) is 10.7. The molecule has 0 atom stereocenters. The highest BCUT2D eigenvalue weighted by molar-refractivity contribution is 7.13. The number of hydrogen-bond acceptors (Lipinski definition) is 4. The molecule has 0 N–H and O–H groups in total. The lowest BCUT2D eigenvalue weighted by Crippen LogP contribution is -2.04. The van der Waals surface area contributed by atoms with Gasteiger partial charge in [-0.05, 0) is 23.6 Å². The molecule has 2 aromatic heterocycles. The third kappa shape index (κ3) is 2.44. The van der Waals surface area contributed by atoms with Crippen LogP contribution in [0.2, 0.25) is 0 Å². The van der Waals surface area contributed by atoms with Gasteiger partial charge in [-0.1, -0.05) is 23.4 Å². The van der Waals surface area contributed by atoms with Crippen LogP contribution in [0.5, 0.6) is 0 Å². The van der Waals surface area contributed by atoms with Crippen molar-refractivity contribution in [2.75, 3.05) is 0 Å². The fourth-order valence-electron chi connectivity index (χ4n) is 1.68. The fraction of sp³-hybridized carbons (Fsp3) is 0.0769. The van der Waals surface area contributed by atoms with E-state index >= 15 is 0 Å². The number of benzene rings is 1. The van der Waals surface area contributed by atoms with Crippen molar-refractivity contribution in [3.63, 3.8) is 0 Å². The molecule has 1 aromatic carbocycles. The molecule has 0 aliphatic rings. The predicted octanol–water partition coefficient (Wildman–Crippen LogP) is 4.48. The third-order valence-electron chi connectivity index (χ3n) is 2.61. The van der Waals surface area contributed by atoms with Gasteiger partial charge in [-0.2, -0.15) is 18.2 Å². The zero-order chi connectivity index (χ0) is 14.2. The third-order valence-corrected chi connectivity index (χ3v) is 3.46. The van der Waals surface area contributed by atoms with Gasteiger partial charge >= 0.3 is 6.18 Å². The summed E-state index contributed by atoms with van der Waals surface area (Å²) in [4.78, 5) is 4.89. The van der Waals surface area contributed by atoms with Crippen molar-refractivity contribution in [3.05, 3.63) is 47.3 Å². The summed E-state index contributed by atoms with van der Waals surface area (Å²) in [5.41, 5.74) is -0.469. The first-order chi connectivity index (χ1) is 9.54. The van der Waals surface area contributed by atoms with E-state index in [9.17, 15) is 13.2 Å². The molecule has 0 aliphatic carbocycles. The molecule has 0 bridgehead atoms. The van der Waals surface area contributed by atoms with Crippen LogP contribution in [0, 0.1) is 0 Å². The average molecular weight is 296 g/mol. The normalized spacial score (nSPS) is 11.8. The lowest BCUT2D eigenvalue weighted by atomic mass is 10.1. The number of alkyl halides is 3. The second-order valence-electron chi connectivity index (χ2n) is 3.98. The molecule has 0 aliphatic heterocycles. The number of aromatic nitrogens is 2. The number of rotatable bonds is 2. The molecule has 7 heteroatoms.